The SMILES string of the molecule is COC(=O)C1(N)CCCC(N(C)CCC(C)C)C1. The van der Waals surface area contributed by atoms with Crippen LogP contribution in [0.2, 0.25) is 0 Å². The largest absolute Gasteiger partial charge is 0.468 e. The highest BCUT2D eigenvalue weighted by Gasteiger charge is 2.41. The van der Waals surface area contributed by atoms with E-state index in [2.05, 4.69) is 25.8 Å². The van der Waals surface area contributed by atoms with Crippen LogP contribution >= 0.6 is 0 Å². The topological polar surface area (TPSA) is 55.6 Å². The first kappa shape index (κ1) is 15.4. The van der Waals surface area contributed by atoms with Gasteiger partial charge in [0.25, 0.3) is 0 Å². The first-order chi connectivity index (χ1) is 8.39. The molecule has 1 aliphatic carbocycles. The Morgan fingerprint density at radius 1 is 1.56 bits per heavy atom. The van der Waals surface area contributed by atoms with E-state index in [0.29, 0.717) is 18.4 Å². The Kier molecular flexibility index (Phi) is 5.60. The predicted molar refractivity (Wildman–Crippen MR) is 73.3 cm³/mol. The van der Waals surface area contributed by atoms with Crippen molar-refractivity contribution in [3.63, 3.8) is 0 Å². The van der Waals surface area contributed by atoms with Crippen molar-refractivity contribution in [1.82, 2.24) is 4.90 Å². The third-order valence-electron chi connectivity index (χ3n) is 4.03. The number of methoxy groups -OCH3 is 1. The minimum atomic E-state index is -0.774. The maximum absolute atomic E-state index is 11.8. The van der Waals surface area contributed by atoms with Crippen molar-refractivity contribution < 1.29 is 9.53 Å². The molecular formula is C14H28N2O2. The van der Waals surface area contributed by atoms with Crippen LogP contribution in [0.4, 0.5) is 0 Å². The molecular weight excluding hydrogens is 228 g/mol. The smallest absolute Gasteiger partial charge is 0.325 e. The molecule has 0 saturated heterocycles. The minimum absolute atomic E-state index is 0.260. The molecule has 1 fully saturated rings. The van der Waals surface area contributed by atoms with Gasteiger partial charge in [-0.2, -0.15) is 0 Å². The summed E-state index contributed by atoms with van der Waals surface area (Å²) in [5, 5.41) is 0. The molecule has 4 nitrogen and oxygen atoms in total. The lowest BCUT2D eigenvalue weighted by molar-refractivity contribution is -0.149. The van der Waals surface area contributed by atoms with Crippen LogP contribution in [0.3, 0.4) is 0 Å². The van der Waals surface area contributed by atoms with Crippen molar-refractivity contribution in [3.8, 4) is 0 Å². The molecule has 0 aliphatic heterocycles. The van der Waals surface area contributed by atoms with E-state index in [0.717, 1.165) is 25.8 Å². The van der Waals surface area contributed by atoms with Crippen LogP contribution in [0.1, 0.15) is 46.0 Å². The summed E-state index contributed by atoms with van der Waals surface area (Å²) in [6, 6.07) is 0.404. The van der Waals surface area contributed by atoms with Crippen LogP contribution in [0, 0.1) is 5.92 Å². The molecule has 1 saturated carbocycles. The standard InChI is InChI=1S/C14H28N2O2/c1-11(2)7-9-16(3)12-6-5-8-14(15,10-12)13(17)18-4/h11-12H,5-10,15H2,1-4H3. The Labute approximate surface area is 111 Å². The van der Waals surface area contributed by atoms with Gasteiger partial charge in [-0.1, -0.05) is 13.8 Å². The maximum atomic E-state index is 11.8. The highest BCUT2D eigenvalue weighted by atomic mass is 16.5. The number of rotatable bonds is 5. The van der Waals surface area contributed by atoms with Gasteiger partial charge in [-0.25, -0.2) is 0 Å². The van der Waals surface area contributed by atoms with Gasteiger partial charge in [0, 0.05) is 6.04 Å². The van der Waals surface area contributed by atoms with E-state index in [9.17, 15) is 4.79 Å². The van der Waals surface area contributed by atoms with E-state index in [-0.39, 0.29) is 5.97 Å². The summed E-state index contributed by atoms with van der Waals surface area (Å²) in [5.41, 5.74) is 5.42. The van der Waals surface area contributed by atoms with E-state index in [4.69, 9.17) is 10.5 Å². The number of esters is 1. The molecule has 106 valence electrons. The van der Waals surface area contributed by atoms with Crippen LogP contribution < -0.4 is 5.73 Å². The number of nitrogens with zero attached hydrogens (tertiary/aromatic N) is 1. The van der Waals surface area contributed by atoms with E-state index in [1.165, 1.54) is 13.5 Å². The molecule has 4 heteroatoms. The van der Waals surface area contributed by atoms with Crippen molar-refractivity contribution >= 4 is 5.97 Å². The molecule has 2 N–H and O–H groups in total. The van der Waals surface area contributed by atoms with Gasteiger partial charge < -0.3 is 15.4 Å². The number of carbonyl (C=O) groups is 1. The van der Waals surface area contributed by atoms with Crippen LogP contribution in [-0.2, 0) is 9.53 Å². The normalized spacial score (nSPS) is 28.7. The fraction of sp³-hybridized carbons (Fsp3) is 0.929. The first-order valence-electron chi connectivity index (χ1n) is 6.96. The van der Waals surface area contributed by atoms with Crippen molar-refractivity contribution in [3.05, 3.63) is 0 Å². The van der Waals surface area contributed by atoms with Gasteiger partial charge in [-0.05, 0) is 51.6 Å². The van der Waals surface area contributed by atoms with Crippen LogP contribution in [0.5, 0.6) is 0 Å². The number of hydrogen-bond acceptors (Lipinski definition) is 4. The van der Waals surface area contributed by atoms with Gasteiger partial charge in [0.1, 0.15) is 5.54 Å². The lowest BCUT2D eigenvalue weighted by Gasteiger charge is -2.39. The predicted octanol–water partition coefficient (Wildman–Crippen LogP) is 1.78. The average molecular weight is 256 g/mol. The van der Waals surface area contributed by atoms with E-state index in [1.807, 2.05) is 0 Å². The molecule has 0 spiro atoms. The Morgan fingerprint density at radius 2 is 2.22 bits per heavy atom. The zero-order valence-corrected chi connectivity index (χ0v) is 12.2. The van der Waals surface area contributed by atoms with Crippen LogP contribution in [-0.4, -0.2) is 43.2 Å². The lowest BCUT2D eigenvalue weighted by atomic mass is 9.79. The van der Waals surface area contributed by atoms with Crippen molar-refractivity contribution in [2.45, 2.75) is 57.5 Å². The highest BCUT2D eigenvalue weighted by Crippen LogP contribution is 2.30. The molecule has 0 aromatic rings. The van der Waals surface area contributed by atoms with Crippen LogP contribution in [0.25, 0.3) is 0 Å². The molecule has 0 amide bonds. The second-order valence-electron chi connectivity index (χ2n) is 6.06. The molecule has 2 atom stereocenters. The molecule has 0 radical (unpaired) electrons. The second-order valence-corrected chi connectivity index (χ2v) is 6.06. The van der Waals surface area contributed by atoms with Gasteiger partial charge in [0.2, 0.25) is 0 Å². The number of nitrogens with two attached hydrogens (primary N) is 1. The highest BCUT2D eigenvalue weighted by molar-refractivity contribution is 5.80. The Hall–Kier alpha value is -0.610. The number of hydrogen-bond donors (Lipinski definition) is 1. The van der Waals surface area contributed by atoms with Gasteiger partial charge in [-0.3, -0.25) is 4.79 Å². The summed E-state index contributed by atoms with van der Waals surface area (Å²) in [6.07, 6.45) is 4.78. The summed E-state index contributed by atoms with van der Waals surface area (Å²) >= 11 is 0. The molecule has 0 aromatic heterocycles. The monoisotopic (exact) mass is 256 g/mol. The summed E-state index contributed by atoms with van der Waals surface area (Å²) in [6.45, 7) is 5.53. The number of carbonyl (C=O) groups excluding carboxylic acids is 1. The van der Waals surface area contributed by atoms with Gasteiger partial charge in [-0.15, -0.1) is 0 Å². The van der Waals surface area contributed by atoms with Gasteiger partial charge in [0.15, 0.2) is 0 Å². The first-order valence-corrected chi connectivity index (χ1v) is 6.96. The number of ether oxygens (including phenoxy) is 1. The molecule has 2 unspecified atom stereocenters. The lowest BCUT2D eigenvalue weighted by Crippen LogP contribution is -2.55. The molecule has 0 heterocycles. The zero-order valence-electron chi connectivity index (χ0n) is 12.2. The fourth-order valence-corrected chi connectivity index (χ4v) is 2.69. The van der Waals surface area contributed by atoms with E-state index in [1.54, 1.807) is 0 Å². The quantitative estimate of drug-likeness (QED) is 0.762. The third-order valence-corrected chi connectivity index (χ3v) is 4.03. The summed E-state index contributed by atoms with van der Waals surface area (Å²) in [4.78, 5) is 14.1. The summed E-state index contributed by atoms with van der Waals surface area (Å²) < 4.78 is 4.84. The van der Waals surface area contributed by atoms with Gasteiger partial charge >= 0.3 is 5.97 Å². The molecule has 18 heavy (non-hydrogen) atoms. The minimum Gasteiger partial charge on any atom is -0.468 e. The van der Waals surface area contributed by atoms with E-state index >= 15 is 0 Å². The molecule has 0 bridgehead atoms. The summed E-state index contributed by atoms with van der Waals surface area (Å²) in [5.74, 6) is 0.448. The molecule has 1 rings (SSSR count). The zero-order chi connectivity index (χ0) is 13.8. The Morgan fingerprint density at radius 3 is 2.78 bits per heavy atom. The van der Waals surface area contributed by atoms with Gasteiger partial charge in [0.05, 0.1) is 7.11 Å². The molecule has 1 aliphatic rings. The fourth-order valence-electron chi connectivity index (χ4n) is 2.69. The second kappa shape index (κ2) is 6.53. The van der Waals surface area contributed by atoms with Crippen LogP contribution in [0.15, 0.2) is 0 Å². The molecule has 0 aromatic carbocycles. The maximum Gasteiger partial charge on any atom is 0.325 e. The third kappa shape index (κ3) is 3.95. The Bertz CT molecular complexity index is 281. The summed E-state index contributed by atoms with van der Waals surface area (Å²) in [7, 11) is 3.55. The van der Waals surface area contributed by atoms with Crippen molar-refractivity contribution in [2.75, 3.05) is 20.7 Å². The Balaban J connectivity index is 2.55. The van der Waals surface area contributed by atoms with E-state index < -0.39 is 5.54 Å². The average Bonchev–Trinajstić information content (AvgIpc) is 2.34. The van der Waals surface area contributed by atoms with Crippen molar-refractivity contribution in [2.24, 2.45) is 11.7 Å². The van der Waals surface area contributed by atoms with Crippen molar-refractivity contribution in [1.29, 1.82) is 0 Å².